The smallest absolute Gasteiger partial charge is 0.231 e. The van der Waals surface area contributed by atoms with E-state index in [1.165, 1.54) is 0 Å². The third kappa shape index (κ3) is 4.88. The van der Waals surface area contributed by atoms with Crippen LogP contribution in [0.3, 0.4) is 0 Å². The third-order valence-corrected chi connectivity index (χ3v) is 7.12. The number of halogens is 1. The van der Waals surface area contributed by atoms with E-state index in [-0.39, 0.29) is 24.7 Å². The quantitative estimate of drug-likeness (QED) is 0.316. The lowest BCUT2D eigenvalue weighted by molar-refractivity contribution is 0.103. The molecular weight excluding hydrogens is 536 g/mol. The second kappa shape index (κ2) is 10.4. The van der Waals surface area contributed by atoms with E-state index in [0.29, 0.717) is 35.8 Å². The van der Waals surface area contributed by atoms with E-state index in [9.17, 15) is 15.6 Å². The van der Waals surface area contributed by atoms with Crippen LogP contribution < -0.4 is 9.47 Å². The summed E-state index contributed by atoms with van der Waals surface area (Å²) < 4.78 is 19.7. The van der Waals surface area contributed by atoms with Crippen LogP contribution >= 0.6 is 15.9 Å². The molecule has 0 saturated heterocycles. The summed E-state index contributed by atoms with van der Waals surface area (Å²) in [5, 5.41) is 29.4. The highest BCUT2D eigenvalue weighted by Gasteiger charge is 2.17. The molecule has 0 fully saturated rings. The van der Waals surface area contributed by atoms with Crippen molar-refractivity contribution in [1.29, 1.82) is 10.5 Å². The van der Waals surface area contributed by atoms with Crippen LogP contribution in [0.1, 0.15) is 33.5 Å². The average molecular weight is 557 g/mol. The number of phenolic OH excluding ortho intramolecular Hbond substituents is 1. The van der Waals surface area contributed by atoms with Gasteiger partial charge in [0.1, 0.15) is 11.8 Å². The molecule has 0 radical (unpaired) electrons. The molecule has 1 aromatic heterocycles. The first kappa shape index (κ1) is 24.4. The number of benzene rings is 3. The number of aromatic hydroxyl groups is 1. The summed E-state index contributed by atoms with van der Waals surface area (Å²) in [7, 11) is 0. The van der Waals surface area contributed by atoms with Gasteiger partial charge in [-0.25, -0.2) is 4.98 Å². The second-order valence-corrected chi connectivity index (χ2v) is 9.38. The number of nitriles is 2. The van der Waals surface area contributed by atoms with Crippen molar-refractivity contribution in [2.24, 2.45) is 0 Å². The lowest BCUT2D eigenvalue weighted by Crippen LogP contribution is -2.07. The van der Waals surface area contributed by atoms with Crippen molar-refractivity contribution in [1.82, 2.24) is 9.55 Å². The zero-order valence-electron chi connectivity index (χ0n) is 19.9. The van der Waals surface area contributed by atoms with Gasteiger partial charge in [-0.05, 0) is 59.5 Å². The highest BCUT2D eigenvalue weighted by atomic mass is 79.9. The average Bonchev–Trinajstić information content (AvgIpc) is 3.57. The number of rotatable bonds is 7. The summed E-state index contributed by atoms with van der Waals surface area (Å²) in [6.45, 7) is 3.00. The van der Waals surface area contributed by atoms with E-state index in [4.69, 9.17) is 14.2 Å². The van der Waals surface area contributed by atoms with Gasteiger partial charge in [-0.1, -0.05) is 28.1 Å². The fourth-order valence-electron chi connectivity index (χ4n) is 4.22. The standard InChI is InChI=1S/C28H21BrN4O4/c1-17-24(28(34)21(10-31)7-25(17)29)12-33-15-32-11-22(33)14-35-13-20-3-2-18(9-30)6-23(20)19-4-5-26-27(8-19)37-16-36-26/h2-8,11,15,34H,12-14,16H2,1H3. The fourth-order valence-corrected chi connectivity index (χ4v) is 4.69. The molecule has 1 N–H and O–H groups in total. The van der Waals surface area contributed by atoms with Gasteiger partial charge < -0.3 is 23.9 Å². The molecule has 37 heavy (non-hydrogen) atoms. The molecule has 4 aromatic rings. The lowest BCUT2D eigenvalue weighted by Gasteiger charge is -2.15. The molecule has 0 unspecified atom stereocenters. The molecule has 8 nitrogen and oxygen atoms in total. The maximum atomic E-state index is 10.6. The Hall–Kier alpha value is -4.31. The molecule has 1 aliphatic rings. The minimum absolute atomic E-state index is 0.0327. The highest BCUT2D eigenvalue weighted by molar-refractivity contribution is 9.10. The Morgan fingerprint density at radius 3 is 2.73 bits per heavy atom. The molecular formula is C28H21BrN4O4. The number of fused-ring (bicyclic) bond motifs is 1. The molecule has 0 spiro atoms. The van der Waals surface area contributed by atoms with Gasteiger partial charge in [0.05, 0.1) is 55.2 Å². The Labute approximate surface area is 222 Å². The minimum Gasteiger partial charge on any atom is -0.506 e. The van der Waals surface area contributed by atoms with Crippen molar-refractivity contribution in [2.75, 3.05) is 6.79 Å². The molecule has 0 amide bonds. The van der Waals surface area contributed by atoms with E-state index in [0.717, 1.165) is 32.4 Å². The summed E-state index contributed by atoms with van der Waals surface area (Å²) >= 11 is 3.47. The number of phenols is 1. The van der Waals surface area contributed by atoms with Crippen LogP contribution in [-0.4, -0.2) is 21.5 Å². The number of ether oxygens (including phenoxy) is 3. The zero-order chi connectivity index (χ0) is 25.9. The fraction of sp³-hybridized carbons (Fsp3) is 0.179. The van der Waals surface area contributed by atoms with Crippen LogP contribution in [0.4, 0.5) is 0 Å². The van der Waals surface area contributed by atoms with E-state index in [1.807, 2.05) is 47.9 Å². The summed E-state index contributed by atoms with van der Waals surface area (Å²) in [6.07, 6.45) is 3.39. The summed E-state index contributed by atoms with van der Waals surface area (Å²) in [5.41, 5.74) is 5.77. The van der Waals surface area contributed by atoms with Crippen molar-refractivity contribution < 1.29 is 19.3 Å². The van der Waals surface area contributed by atoms with Gasteiger partial charge in [-0.15, -0.1) is 0 Å². The maximum Gasteiger partial charge on any atom is 0.231 e. The van der Waals surface area contributed by atoms with Gasteiger partial charge in [-0.2, -0.15) is 10.5 Å². The van der Waals surface area contributed by atoms with Crippen LogP contribution in [-0.2, 0) is 24.5 Å². The second-order valence-electron chi connectivity index (χ2n) is 8.53. The Morgan fingerprint density at radius 2 is 1.92 bits per heavy atom. The molecule has 3 aromatic carbocycles. The Bertz CT molecular complexity index is 1580. The van der Waals surface area contributed by atoms with Gasteiger partial charge >= 0.3 is 0 Å². The van der Waals surface area contributed by atoms with Gasteiger partial charge in [0.2, 0.25) is 6.79 Å². The number of aromatic nitrogens is 2. The van der Waals surface area contributed by atoms with E-state index in [2.05, 4.69) is 27.0 Å². The Morgan fingerprint density at radius 1 is 1.08 bits per heavy atom. The van der Waals surface area contributed by atoms with Crippen molar-refractivity contribution in [2.45, 2.75) is 26.7 Å². The predicted octanol–water partition coefficient (Wildman–Crippen LogP) is 5.56. The first-order valence-corrected chi connectivity index (χ1v) is 12.2. The van der Waals surface area contributed by atoms with Crippen LogP contribution in [0.15, 0.2) is 59.5 Å². The molecule has 0 saturated carbocycles. The number of hydrogen-bond acceptors (Lipinski definition) is 7. The highest BCUT2D eigenvalue weighted by Crippen LogP contribution is 2.37. The molecule has 0 atom stereocenters. The molecule has 2 heterocycles. The van der Waals surface area contributed by atoms with Gasteiger partial charge in [-0.3, -0.25) is 0 Å². The van der Waals surface area contributed by atoms with Gasteiger partial charge in [0.15, 0.2) is 11.5 Å². The van der Waals surface area contributed by atoms with Crippen molar-refractivity contribution >= 4 is 15.9 Å². The monoisotopic (exact) mass is 556 g/mol. The summed E-state index contributed by atoms with van der Waals surface area (Å²) in [4.78, 5) is 4.25. The maximum absolute atomic E-state index is 10.6. The molecule has 0 bridgehead atoms. The number of imidazole rings is 1. The lowest BCUT2D eigenvalue weighted by atomic mass is 9.97. The summed E-state index contributed by atoms with van der Waals surface area (Å²) in [5.74, 6) is 1.33. The molecule has 1 aliphatic heterocycles. The van der Waals surface area contributed by atoms with Crippen molar-refractivity contribution in [3.8, 4) is 40.5 Å². The SMILES string of the molecule is Cc1c(Br)cc(C#N)c(O)c1Cn1cncc1COCc1ccc(C#N)cc1-c1ccc2c(c1)OCO2. The molecule has 5 rings (SSSR count). The third-order valence-electron chi connectivity index (χ3n) is 6.30. The molecule has 9 heteroatoms. The molecule has 0 aliphatic carbocycles. The van der Waals surface area contributed by atoms with E-state index < -0.39 is 0 Å². The van der Waals surface area contributed by atoms with Crippen LogP contribution in [0, 0.1) is 29.6 Å². The van der Waals surface area contributed by atoms with Gasteiger partial charge in [0, 0.05) is 10.0 Å². The van der Waals surface area contributed by atoms with E-state index in [1.54, 1.807) is 24.7 Å². The Balaban J connectivity index is 1.35. The van der Waals surface area contributed by atoms with Gasteiger partial charge in [0.25, 0.3) is 0 Å². The normalized spacial score (nSPS) is 11.8. The van der Waals surface area contributed by atoms with Crippen molar-refractivity contribution in [3.63, 3.8) is 0 Å². The largest absolute Gasteiger partial charge is 0.506 e. The van der Waals surface area contributed by atoms with E-state index >= 15 is 0 Å². The molecule has 184 valence electrons. The predicted molar refractivity (Wildman–Crippen MR) is 138 cm³/mol. The summed E-state index contributed by atoms with van der Waals surface area (Å²) in [6, 6.07) is 17.0. The zero-order valence-corrected chi connectivity index (χ0v) is 21.4. The number of hydrogen-bond donors (Lipinski definition) is 1. The van der Waals surface area contributed by atoms with Crippen molar-refractivity contribution in [3.05, 3.63) is 93.0 Å². The van der Waals surface area contributed by atoms with Crippen LogP contribution in [0.2, 0.25) is 0 Å². The topological polar surface area (TPSA) is 113 Å². The first-order chi connectivity index (χ1) is 18.0. The number of nitrogens with zero attached hydrogens (tertiary/aromatic N) is 4. The van der Waals surface area contributed by atoms with Crippen LogP contribution in [0.25, 0.3) is 11.1 Å². The Kier molecular flexibility index (Phi) is 6.82. The van der Waals surface area contributed by atoms with Crippen LogP contribution in [0.5, 0.6) is 17.2 Å². The minimum atomic E-state index is -0.0327. The first-order valence-electron chi connectivity index (χ1n) is 11.4.